The van der Waals surface area contributed by atoms with Crippen LogP contribution in [0.5, 0.6) is 0 Å². The molecule has 2 heterocycles. The molecule has 1 amide bonds. The van der Waals surface area contributed by atoms with Crippen LogP contribution < -0.4 is 9.62 Å². The zero-order valence-corrected chi connectivity index (χ0v) is 18.2. The number of hydrogen-bond acceptors (Lipinski definition) is 6. The number of ether oxygens (including phenoxy) is 1. The van der Waals surface area contributed by atoms with E-state index in [2.05, 4.69) is 4.72 Å². The number of fused-ring (bicyclic) bond motifs is 1. The highest BCUT2D eigenvalue weighted by Gasteiger charge is 2.31. The molecule has 0 radical (unpaired) electrons. The third kappa shape index (κ3) is 4.58. The van der Waals surface area contributed by atoms with Crippen LogP contribution in [-0.4, -0.2) is 32.9 Å². The molecule has 3 aromatic rings. The lowest BCUT2D eigenvalue weighted by Gasteiger charge is -2.22. The molecule has 1 aliphatic rings. The summed E-state index contributed by atoms with van der Waals surface area (Å²) in [6.07, 6.45) is 2.21. The third-order valence-electron chi connectivity index (χ3n) is 5.22. The third-order valence-corrected chi connectivity index (χ3v) is 6.64. The van der Waals surface area contributed by atoms with Gasteiger partial charge in [-0.3, -0.25) is 4.79 Å². The van der Waals surface area contributed by atoms with Gasteiger partial charge < -0.3 is 14.1 Å². The van der Waals surface area contributed by atoms with Crippen LogP contribution in [0, 0.1) is 0 Å². The average Bonchev–Trinajstić information content (AvgIpc) is 3.43. The van der Waals surface area contributed by atoms with Gasteiger partial charge in [-0.2, -0.15) is 0 Å². The first-order chi connectivity index (χ1) is 15.3. The summed E-state index contributed by atoms with van der Waals surface area (Å²) >= 11 is 0. The van der Waals surface area contributed by atoms with Crippen molar-refractivity contribution in [1.82, 2.24) is 4.72 Å². The quantitative estimate of drug-likeness (QED) is 0.551. The molecule has 1 atom stereocenters. The second-order valence-electron chi connectivity index (χ2n) is 7.45. The number of esters is 1. The van der Waals surface area contributed by atoms with Crippen LogP contribution in [0.2, 0.25) is 0 Å². The molecule has 0 saturated heterocycles. The number of rotatable bonds is 7. The van der Waals surface area contributed by atoms with Crippen molar-refractivity contribution < 1.29 is 27.2 Å². The van der Waals surface area contributed by atoms with Crippen LogP contribution >= 0.6 is 0 Å². The number of amides is 1. The first-order valence-corrected chi connectivity index (χ1v) is 11.5. The van der Waals surface area contributed by atoms with E-state index in [4.69, 9.17) is 9.15 Å². The van der Waals surface area contributed by atoms with Crippen molar-refractivity contribution in [3.05, 3.63) is 83.8 Å². The van der Waals surface area contributed by atoms with E-state index < -0.39 is 22.6 Å². The van der Waals surface area contributed by atoms with Crippen molar-refractivity contribution in [2.45, 2.75) is 30.8 Å². The zero-order chi connectivity index (χ0) is 22.7. The monoisotopic (exact) mass is 454 g/mol. The van der Waals surface area contributed by atoms with Gasteiger partial charge in [-0.15, -0.1) is 0 Å². The topological polar surface area (TPSA) is 106 Å². The number of carbonyl (C=O) groups is 2. The molecule has 0 aliphatic carbocycles. The highest BCUT2D eigenvalue weighted by molar-refractivity contribution is 7.89. The van der Waals surface area contributed by atoms with Crippen molar-refractivity contribution >= 4 is 27.6 Å². The molecular weight excluding hydrogens is 432 g/mol. The predicted molar refractivity (Wildman–Crippen MR) is 117 cm³/mol. The normalized spacial score (nSPS) is 15.4. The molecule has 4 rings (SSSR count). The standard InChI is InChI=1S/C23H22N2O6S/c1-16-13-18-5-2-3-7-21(18)25(16)22(26)15-31-23(27)17-8-10-20(11-9-17)32(28,29)24-14-19-6-4-12-30-19/h2-12,16,24H,13-15H2,1H3. The van der Waals surface area contributed by atoms with E-state index in [1.165, 1.54) is 30.5 Å². The summed E-state index contributed by atoms with van der Waals surface area (Å²) in [5.41, 5.74) is 2.06. The van der Waals surface area contributed by atoms with Crippen molar-refractivity contribution in [3.8, 4) is 0 Å². The fraction of sp³-hybridized carbons (Fsp3) is 0.217. The van der Waals surface area contributed by atoms with Crippen molar-refractivity contribution in [2.24, 2.45) is 0 Å². The Balaban J connectivity index is 1.35. The number of furan rings is 1. The van der Waals surface area contributed by atoms with Gasteiger partial charge in [0.25, 0.3) is 5.91 Å². The molecule has 0 fully saturated rings. The number of nitrogens with zero attached hydrogens (tertiary/aromatic N) is 1. The van der Waals surface area contributed by atoms with Gasteiger partial charge in [0.05, 0.1) is 23.3 Å². The molecule has 0 saturated carbocycles. The van der Waals surface area contributed by atoms with Crippen LogP contribution in [0.1, 0.15) is 28.6 Å². The molecule has 1 aromatic heterocycles. The van der Waals surface area contributed by atoms with Gasteiger partial charge in [0.1, 0.15) is 5.76 Å². The zero-order valence-electron chi connectivity index (χ0n) is 17.4. The first kappa shape index (κ1) is 21.8. The second-order valence-corrected chi connectivity index (χ2v) is 9.22. The Bertz CT molecular complexity index is 1220. The van der Waals surface area contributed by atoms with E-state index in [1.54, 1.807) is 17.0 Å². The number of anilines is 1. The van der Waals surface area contributed by atoms with Gasteiger partial charge >= 0.3 is 5.97 Å². The lowest BCUT2D eigenvalue weighted by molar-refractivity contribution is -0.122. The van der Waals surface area contributed by atoms with Gasteiger partial charge in [-0.25, -0.2) is 17.9 Å². The number of carbonyl (C=O) groups excluding carboxylic acids is 2. The SMILES string of the molecule is CC1Cc2ccccc2N1C(=O)COC(=O)c1ccc(S(=O)(=O)NCc2ccco2)cc1. The van der Waals surface area contributed by atoms with Crippen LogP contribution in [-0.2, 0) is 32.5 Å². The minimum atomic E-state index is -3.77. The Labute approximate surface area is 185 Å². The molecule has 166 valence electrons. The largest absolute Gasteiger partial charge is 0.468 e. The molecule has 8 nitrogen and oxygen atoms in total. The number of nitrogens with one attached hydrogen (secondary N) is 1. The molecule has 1 unspecified atom stereocenters. The number of para-hydroxylation sites is 1. The summed E-state index contributed by atoms with van der Waals surface area (Å²) in [5, 5.41) is 0. The van der Waals surface area contributed by atoms with Crippen molar-refractivity contribution in [2.75, 3.05) is 11.5 Å². The fourth-order valence-electron chi connectivity index (χ4n) is 3.66. The maximum absolute atomic E-state index is 12.7. The highest BCUT2D eigenvalue weighted by atomic mass is 32.2. The Kier molecular flexibility index (Phi) is 6.11. The van der Waals surface area contributed by atoms with Crippen LogP contribution in [0.25, 0.3) is 0 Å². The molecular formula is C23H22N2O6S. The Morgan fingerprint density at radius 1 is 1.09 bits per heavy atom. The smallest absolute Gasteiger partial charge is 0.338 e. The molecule has 32 heavy (non-hydrogen) atoms. The molecule has 1 aliphatic heterocycles. The van der Waals surface area contributed by atoms with E-state index in [9.17, 15) is 18.0 Å². The first-order valence-electron chi connectivity index (χ1n) is 10.0. The maximum Gasteiger partial charge on any atom is 0.338 e. The van der Waals surface area contributed by atoms with E-state index in [0.29, 0.717) is 5.76 Å². The van der Waals surface area contributed by atoms with Gasteiger partial charge in [-0.1, -0.05) is 18.2 Å². The summed E-state index contributed by atoms with van der Waals surface area (Å²) in [4.78, 5) is 26.7. The van der Waals surface area contributed by atoms with Gasteiger partial charge in [0, 0.05) is 11.7 Å². The van der Waals surface area contributed by atoms with Gasteiger partial charge in [0.2, 0.25) is 10.0 Å². The second kappa shape index (κ2) is 8.97. The Morgan fingerprint density at radius 3 is 2.56 bits per heavy atom. The van der Waals surface area contributed by atoms with E-state index >= 15 is 0 Å². The molecule has 0 spiro atoms. The lowest BCUT2D eigenvalue weighted by Crippen LogP contribution is -2.38. The van der Waals surface area contributed by atoms with E-state index in [1.807, 2.05) is 31.2 Å². The lowest BCUT2D eigenvalue weighted by atomic mass is 10.1. The summed E-state index contributed by atoms with van der Waals surface area (Å²) < 4.78 is 37.5. The van der Waals surface area contributed by atoms with Crippen LogP contribution in [0.15, 0.2) is 76.2 Å². The number of sulfonamides is 1. The summed E-state index contributed by atoms with van der Waals surface area (Å²) in [6, 6.07) is 16.3. The summed E-state index contributed by atoms with van der Waals surface area (Å²) in [7, 11) is -3.77. The predicted octanol–water partition coefficient (Wildman–Crippen LogP) is 2.89. The fourth-order valence-corrected chi connectivity index (χ4v) is 4.65. The van der Waals surface area contributed by atoms with Gasteiger partial charge in [0.15, 0.2) is 6.61 Å². The van der Waals surface area contributed by atoms with Crippen LogP contribution in [0.3, 0.4) is 0 Å². The summed E-state index contributed by atoms with van der Waals surface area (Å²) in [6.45, 7) is 1.56. The molecule has 9 heteroatoms. The highest BCUT2D eigenvalue weighted by Crippen LogP contribution is 2.31. The van der Waals surface area contributed by atoms with Crippen LogP contribution in [0.4, 0.5) is 5.69 Å². The molecule has 0 bridgehead atoms. The maximum atomic E-state index is 12.7. The summed E-state index contributed by atoms with van der Waals surface area (Å²) in [5.74, 6) is -0.531. The Morgan fingerprint density at radius 2 is 1.84 bits per heavy atom. The number of hydrogen-bond donors (Lipinski definition) is 1. The average molecular weight is 455 g/mol. The van der Waals surface area contributed by atoms with E-state index in [0.717, 1.165) is 17.7 Å². The Hall–Kier alpha value is -3.43. The number of benzene rings is 2. The minimum absolute atomic E-state index is 0.000758. The van der Waals surface area contributed by atoms with Crippen molar-refractivity contribution in [1.29, 1.82) is 0 Å². The minimum Gasteiger partial charge on any atom is -0.468 e. The molecule has 2 aromatic carbocycles. The molecule has 1 N–H and O–H groups in total. The van der Waals surface area contributed by atoms with Gasteiger partial charge in [-0.05, 0) is 61.4 Å². The van der Waals surface area contributed by atoms with E-state index in [-0.39, 0.29) is 29.0 Å². The van der Waals surface area contributed by atoms with Crippen molar-refractivity contribution in [3.63, 3.8) is 0 Å².